The Kier molecular flexibility index (Phi) is 4.36. The molecule has 5 heterocycles. The third kappa shape index (κ3) is 3.05. The molecule has 0 saturated heterocycles. The monoisotopic (exact) mass is 447 g/mol. The van der Waals surface area contributed by atoms with E-state index in [1.807, 2.05) is 0 Å². The Morgan fingerprint density at radius 2 is 1.94 bits per heavy atom. The predicted octanol–water partition coefficient (Wildman–Crippen LogP) is 2.82. The molecule has 4 aromatic rings. The first-order valence-corrected chi connectivity index (χ1v) is 9.72. The Bertz CT molecular complexity index is 1360. The van der Waals surface area contributed by atoms with Crippen LogP contribution in [0.1, 0.15) is 27.3 Å². The van der Waals surface area contributed by atoms with Crippen molar-refractivity contribution in [2.24, 2.45) is 14.1 Å². The van der Waals surface area contributed by atoms with Gasteiger partial charge < -0.3 is 4.90 Å². The Morgan fingerprint density at radius 3 is 2.66 bits per heavy atom. The van der Waals surface area contributed by atoms with Gasteiger partial charge >= 0.3 is 6.18 Å². The molecule has 0 saturated carbocycles. The molecule has 0 N–H and O–H groups in total. The molecular weight excluding hydrogens is 430 g/mol. The fraction of sp³-hybridized carbons (Fsp3) is 0.300. The summed E-state index contributed by atoms with van der Waals surface area (Å²) in [6.45, 7) is 0.456. The van der Waals surface area contributed by atoms with Gasteiger partial charge in [0.1, 0.15) is 11.3 Å². The fourth-order valence-electron chi connectivity index (χ4n) is 4.17. The lowest BCUT2D eigenvalue weighted by atomic mass is 10.0. The maximum absolute atomic E-state index is 14.3. The number of alkyl halides is 3. The molecule has 166 valence electrons. The molecule has 1 aliphatic heterocycles. The lowest BCUT2D eigenvalue weighted by Gasteiger charge is -2.26. The molecule has 0 aromatic carbocycles. The molecule has 8 nitrogen and oxygen atoms in total. The van der Waals surface area contributed by atoms with Crippen molar-refractivity contribution in [2.45, 2.75) is 19.1 Å². The molecule has 4 aromatic heterocycles. The molecule has 0 bridgehead atoms. The average Bonchev–Trinajstić information content (AvgIpc) is 3.41. The molecule has 1 amide bonds. The molecule has 0 atom stereocenters. The first-order valence-electron chi connectivity index (χ1n) is 9.72. The van der Waals surface area contributed by atoms with E-state index >= 15 is 0 Å². The molecule has 1 aliphatic rings. The number of aryl methyl sites for hydroxylation is 2. The maximum atomic E-state index is 14.3. The first kappa shape index (κ1) is 20.2. The zero-order valence-corrected chi connectivity index (χ0v) is 17.1. The van der Waals surface area contributed by atoms with Crippen molar-refractivity contribution in [2.75, 3.05) is 6.54 Å². The minimum absolute atomic E-state index is 0.0968. The third-order valence-electron chi connectivity index (χ3n) is 5.62. The van der Waals surface area contributed by atoms with E-state index in [9.17, 15) is 22.4 Å². The average molecular weight is 447 g/mol. The van der Waals surface area contributed by atoms with E-state index in [0.717, 1.165) is 11.6 Å². The first-order chi connectivity index (χ1) is 15.1. The third-order valence-corrected chi connectivity index (χ3v) is 5.62. The van der Waals surface area contributed by atoms with Gasteiger partial charge in [-0.3, -0.25) is 14.2 Å². The highest BCUT2D eigenvalue weighted by atomic mass is 19.4. The van der Waals surface area contributed by atoms with Crippen LogP contribution in [0.25, 0.3) is 16.9 Å². The van der Waals surface area contributed by atoms with Crippen molar-refractivity contribution in [1.29, 1.82) is 0 Å². The number of hydrogen-bond acceptors (Lipinski definition) is 4. The molecular formula is C20H17F4N7O. The van der Waals surface area contributed by atoms with Crippen molar-refractivity contribution < 1.29 is 22.4 Å². The van der Waals surface area contributed by atoms with Gasteiger partial charge in [-0.1, -0.05) is 0 Å². The van der Waals surface area contributed by atoms with E-state index in [1.54, 1.807) is 13.2 Å². The Hall–Kier alpha value is -3.70. The quantitative estimate of drug-likeness (QED) is 0.443. The van der Waals surface area contributed by atoms with Crippen LogP contribution in [0.2, 0.25) is 0 Å². The SMILES string of the molecule is Cn1nc(C(F)(F)F)cc1-c1c2c(nn1C)CN(C(=O)c1cnn3cccc(F)c13)CC2. The maximum Gasteiger partial charge on any atom is 0.435 e. The van der Waals surface area contributed by atoms with Crippen molar-refractivity contribution >= 4 is 11.4 Å². The van der Waals surface area contributed by atoms with E-state index in [-0.39, 0.29) is 29.2 Å². The van der Waals surface area contributed by atoms with Gasteiger partial charge in [0.15, 0.2) is 5.69 Å². The van der Waals surface area contributed by atoms with E-state index in [0.29, 0.717) is 24.4 Å². The van der Waals surface area contributed by atoms with Crippen LogP contribution >= 0.6 is 0 Å². The van der Waals surface area contributed by atoms with Gasteiger partial charge in [-0.25, -0.2) is 8.91 Å². The van der Waals surface area contributed by atoms with Crippen molar-refractivity contribution in [3.05, 3.63) is 58.9 Å². The summed E-state index contributed by atoms with van der Waals surface area (Å²) < 4.78 is 57.6. The summed E-state index contributed by atoms with van der Waals surface area (Å²) in [7, 11) is 3.09. The largest absolute Gasteiger partial charge is 0.435 e. The van der Waals surface area contributed by atoms with Gasteiger partial charge in [0, 0.05) is 32.4 Å². The molecule has 12 heteroatoms. The van der Waals surface area contributed by atoms with Crippen LogP contribution in [0.3, 0.4) is 0 Å². The van der Waals surface area contributed by atoms with Gasteiger partial charge in [0.25, 0.3) is 5.91 Å². The van der Waals surface area contributed by atoms with Crippen molar-refractivity contribution in [3.63, 3.8) is 0 Å². The highest BCUT2D eigenvalue weighted by Gasteiger charge is 2.36. The van der Waals surface area contributed by atoms with E-state index in [2.05, 4.69) is 15.3 Å². The Labute approximate surface area is 178 Å². The summed E-state index contributed by atoms with van der Waals surface area (Å²) in [6.07, 6.45) is -1.29. The number of hydrogen-bond donors (Lipinski definition) is 0. The predicted molar refractivity (Wildman–Crippen MR) is 104 cm³/mol. The van der Waals surface area contributed by atoms with Crippen LogP contribution in [0.4, 0.5) is 17.6 Å². The number of carbonyl (C=O) groups excluding carboxylic acids is 1. The van der Waals surface area contributed by atoms with E-state index in [1.165, 1.54) is 44.2 Å². The van der Waals surface area contributed by atoms with Crippen LogP contribution in [0.5, 0.6) is 0 Å². The summed E-state index contributed by atoms with van der Waals surface area (Å²) in [4.78, 5) is 14.6. The van der Waals surface area contributed by atoms with Crippen LogP contribution in [-0.2, 0) is 33.2 Å². The summed E-state index contributed by atoms with van der Waals surface area (Å²) in [5.74, 6) is -0.939. The molecule has 0 unspecified atom stereocenters. The minimum atomic E-state index is -4.55. The summed E-state index contributed by atoms with van der Waals surface area (Å²) in [5, 5.41) is 12.1. The van der Waals surface area contributed by atoms with Crippen LogP contribution in [0, 0.1) is 5.82 Å². The number of amides is 1. The molecule has 0 radical (unpaired) electrons. The normalized spacial score (nSPS) is 14.2. The number of rotatable bonds is 2. The van der Waals surface area contributed by atoms with Crippen LogP contribution < -0.4 is 0 Å². The Balaban J connectivity index is 1.48. The van der Waals surface area contributed by atoms with Crippen molar-refractivity contribution in [1.82, 2.24) is 34.1 Å². The lowest BCUT2D eigenvalue weighted by molar-refractivity contribution is -0.141. The lowest BCUT2D eigenvalue weighted by Crippen LogP contribution is -2.36. The van der Waals surface area contributed by atoms with Gasteiger partial charge in [-0.05, 0) is 24.6 Å². The molecule has 0 spiro atoms. The molecule has 5 rings (SSSR count). The highest BCUT2D eigenvalue weighted by Crippen LogP contribution is 2.35. The number of aromatic nitrogens is 6. The van der Waals surface area contributed by atoms with E-state index in [4.69, 9.17) is 0 Å². The zero-order valence-electron chi connectivity index (χ0n) is 17.1. The van der Waals surface area contributed by atoms with Gasteiger partial charge in [-0.2, -0.15) is 28.5 Å². The summed E-state index contributed by atoms with van der Waals surface area (Å²) in [6, 6.07) is 3.75. The highest BCUT2D eigenvalue weighted by molar-refractivity contribution is 6.00. The van der Waals surface area contributed by atoms with Gasteiger partial charge in [-0.15, -0.1) is 0 Å². The number of nitrogens with zero attached hydrogens (tertiary/aromatic N) is 7. The van der Waals surface area contributed by atoms with Crippen LogP contribution in [-0.4, -0.2) is 46.5 Å². The number of pyridine rings is 1. The van der Waals surface area contributed by atoms with Crippen LogP contribution in [0.15, 0.2) is 30.6 Å². The number of halogens is 4. The van der Waals surface area contributed by atoms with E-state index < -0.39 is 17.7 Å². The topological polar surface area (TPSA) is 73.2 Å². The standard InChI is InChI=1S/C20H17F4N7O/c1-28-15(8-16(27-28)20(22,23)24)18-11-5-7-30(10-14(11)26-29(18)2)19(32)12-9-25-31-6-3-4-13(21)17(12)31/h3-4,6,8-9H,5,7,10H2,1-2H3. The Morgan fingerprint density at radius 1 is 1.16 bits per heavy atom. The molecule has 0 aliphatic carbocycles. The number of fused-ring (bicyclic) bond motifs is 2. The summed E-state index contributed by atoms with van der Waals surface area (Å²) >= 11 is 0. The van der Waals surface area contributed by atoms with Gasteiger partial charge in [0.2, 0.25) is 0 Å². The zero-order chi connectivity index (χ0) is 22.8. The molecule has 0 fully saturated rings. The minimum Gasteiger partial charge on any atom is -0.332 e. The summed E-state index contributed by atoms with van der Waals surface area (Å²) in [5.41, 5.74) is 1.42. The van der Waals surface area contributed by atoms with Gasteiger partial charge in [0.05, 0.1) is 35.4 Å². The molecule has 32 heavy (non-hydrogen) atoms. The smallest absolute Gasteiger partial charge is 0.332 e. The van der Waals surface area contributed by atoms with Crippen molar-refractivity contribution in [3.8, 4) is 11.4 Å². The second-order valence-electron chi connectivity index (χ2n) is 7.62. The number of carbonyl (C=O) groups is 1. The second-order valence-corrected chi connectivity index (χ2v) is 7.62. The second kappa shape index (κ2) is 6.90. The fourth-order valence-corrected chi connectivity index (χ4v) is 4.17.